The van der Waals surface area contributed by atoms with Gasteiger partial charge in [-0.05, 0) is 25.0 Å². The van der Waals surface area contributed by atoms with E-state index in [4.69, 9.17) is 0 Å². The van der Waals surface area contributed by atoms with Crippen LogP contribution in [0.25, 0.3) is 0 Å². The summed E-state index contributed by atoms with van der Waals surface area (Å²) in [6.07, 6.45) is 1.67. The molecule has 1 rings (SSSR count). The average molecular weight is 219 g/mol. The van der Waals surface area contributed by atoms with Crippen molar-refractivity contribution in [2.24, 2.45) is 5.92 Å². The van der Waals surface area contributed by atoms with E-state index in [2.05, 4.69) is 40.1 Å². The molecule has 0 radical (unpaired) electrons. The van der Waals surface area contributed by atoms with Crippen molar-refractivity contribution in [3.63, 3.8) is 0 Å². The fourth-order valence-electron chi connectivity index (χ4n) is 0.968. The van der Waals surface area contributed by atoms with Crippen LogP contribution >= 0.6 is 12.8 Å². The summed E-state index contributed by atoms with van der Waals surface area (Å²) in [6, 6.07) is 0. The monoisotopic (exact) mass is 219 g/mol. The molecule has 1 unspecified atom stereocenters. The van der Waals surface area contributed by atoms with E-state index < -0.39 is 0 Å². The van der Waals surface area contributed by atoms with Crippen molar-refractivity contribution in [3.05, 3.63) is 11.4 Å². The van der Waals surface area contributed by atoms with Crippen LogP contribution in [0.15, 0.2) is 11.4 Å². The van der Waals surface area contributed by atoms with Gasteiger partial charge in [-0.2, -0.15) is 0 Å². The molecular weight excluding hydrogens is 202 g/mol. The van der Waals surface area contributed by atoms with Crippen molar-refractivity contribution >= 4 is 19.2 Å². The molecular formula is C8H17N3O2S. The Balaban J connectivity index is 0.000000500. The van der Waals surface area contributed by atoms with E-state index in [1.807, 2.05) is 0 Å². The molecule has 0 bridgehead atoms. The van der Waals surface area contributed by atoms with Crippen LogP contribution in [0.2, 0.25) is 0 Å². The van der Waals surface area contributed by atoms with Crippen molar-refractivity contribution < 1.29 is 9.63 Å². The predicted molar refractivity (Wildman–Crippen MR) is 58.2 cm³/mol. The number of rotatable bonds is 4. The summed E-state index contributed by atoms with van der Waals surface area (Å²) in [5.74, 6) is 1.26. The minimum absolute atomic E-state index is 0.570. The number of thiol groups is 1. The topological polar surface area (TPSA) is 62.4 Å². The first kappa shape index (κ1) is 13.3. The molecule has 0 saturated heterocycles. The van der Waals surface area contributed by atoms with Crippen LogP contribution < -0.4 is 15.5 Å². The summed E-state index contributed by atoms with van der Waals surface area (Å²) in [6.45, 7) is 2.10. The van der Waals surface area contributed by atoms with Gasteiger partial charge in [-0.15, -0.1) is 0 Å². The lowest BCUT2D eigenvalue weighted by atomic mass is 10.4. The van der Waals surface area contributed by atoms with E-state index in [1.165, 1.54) is 12.7 Å². The summed E-state index contributed by atoms with van der Waals surface area (Å²) in [5.41, 5.74) is 3.82. The molecule has 14 heavy (non-hydrogen) atoms. The molecule has 82 valence electrons. The second kappa shape index (κ2) is 7.66. The molecule has 1 aliphatic rings. The van der Waals surface area contributed by atoms with Crippen LogP contribution in [-0.2, 0) is 9.63 Å². The van der Waals surface area contributed by atoms with E-state index in [1.54, 1.807) is 7.05 Å². The van der Waals surface area contributed by atoms with Gasteiger partial charge >= 0.3 is 0 Å². The highest BCUT2D eigenvalue weighted by atomic mass is 32.1. The second-order valence-corrected chi connectivity index (χ2v) is 3.24. The number of hydrogen-bond acceptors (Lipinski definition) is 5. The number of carbonyl (C=O) groups is 1. The summed E-state index contributed by atoms with van der Waals surface area (Å²) in [5, 5.41) is 2.54. The molecule has 6 heteroatoms. The van der Waals surface area contributed by atoms with Crippen LogP contribution in [0.4, 0.5) is 0 Å². The summed E-state index contributed by atoms with van der Waals surface area (Å²) in [4.78, 5) is 14.8. The van der Waals surface area contributed by atoms with Crippen LogP contribution in [-0.4, -0.2) is 20.6 Å². The first-order valence-electron chi connectivity index (χ1n) is 4.24. The van der Waals surface area contributed by atoms with Gasteiger partial charge in [0.25, 0.3) is 0 Å². The number of carbonyl (C=O) groups excluding carboxylic acids is 1. The van der Waals surface area contributed by atoms with Gasteiger partial charge < -0.3 is 5.32 Å². The van der Waals surface area contributed by atoms with Gasteiger partial charge in [0.2, 0.25) is 6.41 Å². The molecule has 1 saturated carbocycles. The summed E-state index contributed by atoms with van der Waals surface area (Å²) in [7, 11) is 3.25. The third kappa shape index (κ3) is 5.11. The number of amides is 1. The Morgan fingerprint density at radius 1 is 1.71 bits per heavy atom. The van der Waals surface area contributed by atoms with Gasteiger partial charge in [0.05, 0.1) is 7.11 Å². The van der Waals surface area contributed by atoms with Crippen LogP contribution in [0.3, 0.4) is 0 Å². The minimum atomic E-state index is 0.570. The van der Waals surface area contributed by atoms with Gasteiger partial charge in [-0.1, -0.05) is 19.7 Å². The predicted octanol–water partition coefficient (Wildman–Crippen LogP) is 0.185. The quantitative estimate of drug-likeness (QED) is 0.309. The highest BCUT2D eigenvalue weighted by Gasteiger charge is 2.28. The average Bonchev–Trinajstić information content (AvgIpc) is 2.84. The normalized spacial score (nSPS) is 21.6. The maximum Gasteiger partial charge on any atom is 0.212 e. The molecule has 1 atom stereocenters. The first-order valence-corrected chi connectivity index (χ1v) is 4.69. The van der Waals surface area contributed by atoms with E-state index in [0.717, 1.165) is 6.42 Å². The zero-order valence-corrected chi connectivity index (χ0v) is 9.52. The third-order valence-corrected chi connectivity index (χ3v) is 1.69. The molecule has 0 aromatic heterocycles. The summed E-state index contributed by atoms with van der Waals surface area (Å²) < 4.78 is 2.44. The Labute approximate surface area is 89.8 Å². The number of hydrogen-bond donors (Lipinski definition) is 4. The zero-order valence-electron chi connectivity index (χ0n) is 8.63. The van der Waals surface area contributed by atoms with Crippen molar-refractivity contribution in [2.75, 3.05) is 14.2 Å². The van der Waals surface area contributed by atoms with Crippen LogP contribution in [0.1, 0.15) is 13.3 Å². The molecule has 1 amide bonds. The largest absolute Gasteiger partial charge is 0.314 e. The van der Waals surface area contributed by atoms with E-state index >= 15 is 0 Å². The third-order valence-electron chi connectivity index (χ3n) is 1.69. The Morgan fingerprint density at radius 2 is 2.21 bits per heavy atom. The molecule has 1 aliphatic carbocycles. The zero-order chi connectivity index (χ0) is 11.0. The highest BCUT2D eigenvalue weighted by molar-refractivity contribution is 7.78. The molecule has 0 spiro atoms. The molecule has 0 aromatic rings. The molecule has 0 aliphatic heterocycles. The van der Waals surface area contributed by atoms with E-state index in [-0.39, 0.29) is 0 Å². The SMILES string of the molecule is CNS.CON/C(NC=O)=C1/CC1C. The molecule has 1 fully saturated rings. The molecule has 3 N–H and O–H groups in total. The number of allylic oxidation sites excluding steroid dienone is 1. The summed E-state index contributed by atoms with van der Waals surface area (Å²) >= 11 is 3.54. The standard InChI is InChI=1S/C7H12N2O2.CH5NS/c1-5-3-6(5)7(8-4-10)9-11-2;1-2-3/h4-5,9H,3H2,1-2H3,(H,8,10);2-3H,1H3/b7-6-;. The Hall–Kier alpha value is -0.720. The number of nitrogens with one attached hydrogen (secondary N) is 3. The van der Waals surface area contributed by atoms with Crippen LogP contribution in [0, 0.1) is 5.92 Å². The lowest BCUT2D eigenvalue weighted by molar-refractivity contribution is -0.109. The van der Waals surface area contributed by atoms with E-state index in [9.17, 15) is 4.79 Å². The van der Waals surface area contributed by atoms with Gasteiger partial charge in [-0.25, -0.2) is 0 Å². The fourth-order valence-corrected chi connectivity index (χ4v) is 0.968. The van der Waals surface area contributed by atoms with Crippen LogP contribution in [0.5, 0.6) is 0 Å². The molecule has 5 nitrogen and oxygen atoms in total. The molecule has 0 heterocycles. The Morgan fingerprint density at radius 3 is 2.50 bits per heavy atom. The van der Waals surface area contributed by atoms with Gasteiger partial charge in [0, 0.05) is 0 Å². The Kier molecular flexibility index (Phi) is 7.27. The van der Waals surface area contributed by atoms with Crippen molar-refractivity contribution in [1.82, 2.24) is 15.5 Å². The van der Waals surface area contributed by atoms with Crippen molar-refractivity contribution in [3.8, 4) is 0 Å². The second-order valence-electron chi connectivity index (χ2n) is 2.80. The lowest BCUT2D eigenvalue weighted by Gasteiger charge is -2.05. The maximum atomic E-state index is 10.1. The van der Waals surface area contributed by atoms with Gasteiger partial charge in [0.1, 0.15) is 5.82 Å². The fraction of sp³-hybridized carbons (Fsp3) is 0.625. The first-order chi connectivity index (χ1) is 6.71. The van der Waals surface area contributed by atoms with Crippen molar-refractivity contribution in [2.45, 2.75) is 13.3 Å². The Bertz CT molecular complexity index is 209. The lowest BCUT2D eigenvalue weighted by Crippen LogP contribution is -2.24. The highest BCUT2D eigenvalue weighted by Crippen LogP contribution is 2.37. The smallest absolute Gasteiger partial charge is 0.212 e. The van der Waals surface area contributed by atoms with Crippen molar-refractivity contribution in [1.29, 1.82) is 0 Å². The molecule has 0 aromatic carbocycles. The van der Waals surface area contributed by atoms with Gasteiger partial charge in [0.15, 0.2) is 0 Å². The number of hydroxylamine groups is 1. The van der Waals surface area contributed by atoms with E-state index in [0.29, 0.717) is 18.1 Å². The van der Waals surface area contributed by atoms with Gasteiger partial charge in [-0.3, -0.25) is 19.8 Å². The minimum Gasteiger partial charge on any atom is -0.314 e. The maximum absolute atomic E-state index is 10.1.